The lowest BCUT2D eigenvalue weighted by Gasteiger charge is -2.19. The summed E-state index contributed by atoms with van der Waals surface area (Å²) < 4.78 is 0. The molecule has 1 saturated carbocycles. The van der Waals surface area contributed by atoms with Crippen molar-refractivity contribution in [3.05, 3.63) is 29.6 Å². The molecule has 0 aliphatic heterocycles. The molecule has 1 fully saturated rings. The highest BCUT2D eigenvalue weighted by Crippen LogP contribution is 2.31. The van der Waals surface area contributed by atoms with E-state index in [1.165, 1.54) is 12.8 Å². The van der Waals surface area contributed by atoms with Crippen LogP contribution < -0.4 is 5.32 Å². The number of nitrogens with zero attached hydrogens (tertiary/aromatic N) is 2. The van der Waals surface area contributed by atoms with E-state index in [0.29, 0.717) is 11.7 Å². The van der Waals surface area contributed by atoms with Crippen LogP contribution >= 0.6 is 0 Å². The van der Waals surface area contributed by atoms with E-state index in [0.717, 1.165) is 23.9 Å². The molecule has 3 nitrogen and oxygen atoms in total. The minimum absolute atomic E-state index is 0.497. The van der Waals surface area contributed by atoms with Gasteiger partial charge in [0.2, 0.25) is 0 Å². The second-order valence-corrected chi connectivity index (χ2v) is 5.06. The molecular formula is C14H19N3. The summed E-state index contributed by atoms with van der Waals surface area (Å²) in [6.07, 6.45) is 4.29. The monoisotopic (exact) mass is 229 g/mol. The molecule has 0 amide bonds. The van der Waals surface area contributed by atoms with E-state index in [1.54, 1.807) is 6.20 Å². The number of hydrogen-bond acceptors (Lipinski definition) is 3. The summed E-state index contributed by atoms with van der Waals surface area (Å²) in [5, 5.41) is 12.4. The lowest BCUT2D eigenvalue weighted by molar-refractivity contribution is 0.370. The Morgan fingerprint density at radius 2 is 2.29 bits per heavy atom. The number of hydrogen-bond donors (Lipinski definition) is 1. The molecule has 1 heterocycles. The standard InChI is InChI=1S/C14H19N3/c1-10-3-4-14(11(10)2)17-9-12-5-6-16-13(7-12)8-15/h5-7,10-11,14,17H,3-4,9H2,1-2H3. The van der Waals surface area contributed by atoms with Gasteiger partial charge in [-0.3, -0.25) is 0 Å². The molecule has 3 heteroatoms. The molecule has 1 aliphatic rings. The fourth-order valence-corrected chi connectivity index (χ4v) is 2.55. The van der Waals surface area contributed by atoms with Crippen molar-refractivity contribution in [2.24, 2.45) is 11.8 Å². The van der Waals surface area contributed by atoms with Crippen molar-refractivity contribution in [3.63, 3.8) is 0 Å². The van der Waals surface area contributed by atoms with Gasteiger partial charge in [-0.2, -0.15) is 5.26 Å². The van der Waals surface area contributed by atoms with Crippen molar-refractivity contribution in [1.82, 2.24) is 10.3 Å². The van der Waals surface area contributed by atoms with Gasteiger partial charge < -0.3 is 5.32 Å². The maximum atomic E-state index is 8.79. The third-order valence-electron chi connectivity index (χ3n) is 3.97. The Morgan fingerprint density at radius 1 is 1.47 bits per heavy atom. The Bertz CT molecular complexity index is 422. The van der Waals surface area contributed by atoms with E-state index < -0.39 is 0 Å². The zero-order valence-electron chi connectivity index (χ0n) is 10.5. The first-order chi connectivity index (χ1) is 8.20. The van der Waals surface area contributed by atoms with Gasteiger partial charge in [0.15, 0.2) is 0 Å². The van der Waals surface area contributed by atoms with Gasteiger partial charge in [0.1, 0.15) is 11.8 Å². The molecule has 1 aliphatic carbocycles. The fraction of sp³-hybridized carbons (Fsp3) is 0.571. The molecule has 1 aromatic rings. The third kappa shape index (κ3) is 2.83. The summed E-state index contributed by atoms with van der Waals surface area (Å²) in [5.74, 6) is 1.56. The van der Waals surface area contributed by atoms with E-state index in [1.807, 2.05) is 12.1 Å². The minimum Gasteiger partial charge on any atom is -0.310 e. The highest BCUT2D eigenvalue weighted by atomic mass is 14.9. The lowest BCUT2D eigenvalue weighted by Crippen LogP contribution is -2.31. The first-order valence-electron chi connectivity index (χ1n) is 6.29. The van der Waals surface area contributed by atoms with Crippen molar-refractivity contribution in [1.29, 1.82) is 5.26 Å². The van der Waals surface area contributed by atoms with Crippen LogP contribution in [0.25, 0.3) is 0 Å². The minimum atomic E-state index is 0.497. The predicted octanol–water partition coefficient (Wildman–Crippen LogP) is 2.48. The molecule has 0 spiro atoms. The van der Waals surface area contributed by atoms with Crippen LogP contribution in [-0.2, 0) is 6.54 Å². The van der Waals surface area contributed by atoms with Crippen molar-refractivity contribution >= 4 is 0 Å². The summed E-state index contributed by atoms with van der Waals surface area (Å²) in [7, 11) is 0. The molecule has 3 atom stereocenters. The van der Waals surface area contributed by atoms with Crippen LogP contribution in [0.4, 0.5) is 0 Å². The molecule has 1 aromatic heterocycles. The van der Waals surface area contributed by atoms with Gasteiger partial charge in [-0.15, -0.1) is 0 Å². The quantitative estimate of drug-likeness (QED) is 0.866. The number of pyridine rings is 1. The van der Waals surface area contributed by atoms with Crippen molar-refractivity contribution in [2.75, 3.05) is 0 Å². The smallest absolute Gasteiger partial charge is 0.140 e. The van der Waals surface area contributed by atoms with Gasteiger partial charge in [0.25, 0.3) is 0 Å². The van der Waals surface area contributed by atoms with E-state index in [2.05, 4.69) is 30.2 Å². The molecule has 90 valence electrons. The Morgan fingerprint density at radius 3 is 2.94 bits per heavy atom. The summed E-state index contributed by atoms with van der Waals surface area (Å²) in [6.45, 7) is 5.48. The Kier molecular flexibility index (Phi) is 3.75. The van der Waals surface area contributed by atoms with Crippen molar-refractivity contribution in [2.45, 2.75) is 39.3 Å². The second kappa shape index (κ2) is 5.29. The molecule has 3 unspecified atom stereocenters. The lowest BCUT2D eigenvalue weighted by atomic mass is 9.98. The zero-order valence-corrected chi connectivity index (χ0v) is 10.5. The van der Waals surface area contributed by atoms with Gasteiger partial charge in [0, 0.05) is 18.8 Å². The molecule has 0 radical (unpaired) electrons. The normalized spacial score (nSPS) is 27.9. The van der Waals surface area contributed by atoms with Crippen LogP contribution in [-0.4, -0.2) is 11.0 Å². The summed E-state index contributed by atoms with van der Waals surface area (Å²) in [5.41, 5.74) is 1.64. The fourth-order valence-electron chi connectivity index (χ4n) is 2.55. The van der Waals surface area contributed by atoms with Gasteiger partial charge in [-0.1, -0.05) is 13.8 Å². The first kappa shape index (κ1) is 12.1. The largest absolute Gasteiger partial charge is 0.310 e. The van der Waals surface area contributed by atoms with Crippen LogP contribution in [0.2, 0.25) is 0 Å². The summed E-state index contributed by atoms with van der Waals surface area (Å²) in [4.78, 5) is 3.98. The first-order valence-corrected chi connectivity index (χ1v) is 6.29. The number of aromatic nitrogens is 1. The topological polar surface area (TPSA) is 48.7 Å². The van der Waals surface area contributed by atoms with Crippen molar-refractivity contribution in [3.8, 4) is 6.07 Å². The summed E-state index contributed by atoms with van der Waals surface area (Å²) in [6, 6.07) is 6.51. The molecule has 1 N–H and O–H groups in total. The molecular weight excluding hydrogens is 210 g/mol. The van der Waals surface area contributed by atoms with Crippen LogP contribution in [0, 0.1) is 23.2 Å². The maximum Gasteiger partial charge on any atom is 0.140 e. The zero-order chi connectivity index (χ0) is 12.3. The number of nitriles is 1. The van der Waals surface area contributed by atoms with Gasteiger partial charge in [-0.25, -0.2) is 4.98 Å². The molecule has 17 heavy (non-hydrogen) atoms. The van der Waals surface area contributed by atoms with Crippen LogP contribution in [0.15, 0.2) is 18.3 Å². The van der Waals surface area contributed by atoms with Crippen LogP contribution in [0.1, 0.15) is 37.9 Å². The van der Waals surface area contributed by atoms with E-state index >= 15 is 0 Å². The van der Waals surface area contributed by atoms with E-state index in [4.69, 9.17) is 5.26 Å². The number of nitrogens with one attached hydrogen (secondary N) is 1. The molecule has 2 rings (SSSR count). The average molecular weight is 229 g/mol. The van der Waals surface area contributed by atoms with Gasteiger partial charge in [0.05, 0.1) is 0 Å². The predicted molar refractivity (Wildman–Crippen MR) is 67.1 cm³/mol. The Balaban J connectivity index is 1.92. The van der Waals surface area contributed by atoms with E-state index in [9.17, 15) is 0 Å². The van der Waals surface area contributed by atoms with Gasteiger partial charge in [-0.05, 0) is 42.4 Å². The Labute approximate surface area is 103 Å². The Hall–Kier alpha value is -1.40. The van der Waals surface area contributed by atoms with Crippen LogP contribution in [0.5, 0.6) is 0 Å². The number of rotatable bonds is 3. The highest BCUT2D eigenvalue weighted by Gasteiger charge is 2.28. The maximum absolute atomic E-state index is 8.79. The molecule has 0 saturated heterocycles. The SMILES string of the molecule is CC1CCC(NCc2ccnc(C#N)c2)C1C. The van der Waals surface area contributed by atoms with E-state index in [-0.39, 0.29) is 0 Å². The van der Waals surface area contributed by atoms with Gasteiger partial charge >= 0.3 is 0 Å². The summed E-state index contributed by atoms with van der Waals surface area (Å²) >= 11 is 0. The highest BCUT2D eigenvalue weighted by molar-refractivity contribution is 5.25. The molecule has 0 bridgehead atoms. The van der Waals surface area contributed by atoms with Crippen LogP contribution in [0.3, 0.4) is 0 Å². The molecule has 0 aromatic carbocycles. The second-order valence-electron chi connectivity index (χ2n) is 5.06. The average Bonchev–Trinajstić information content (AvgIpc) is 2.68. The van der Waals surface area contributed by atoms with Crippen molar-refractivity contribution < 1.29 is 0 Å². The third-order valence-corrected chi connectivity index (χ3v) is 3.97.